The van der Waals surface area contributed by atoms with Gasteiger partial charge in [0.15, 0.2) is 0 Å². The number of rotatable bonds is 2. The maximum atomic E-state index is 8.31. The van der Waals surface area contributed by atoms with E-state index in [2.05, 4.69) is 15.9 Å². The van der Waals surface area contributed by atoms with Crippen LogP contribution in [0.4, 0.5) is 5.69 Å². The van der Waals surface area contributed by atoms with Gasteiger partial charge in [-0.1, -0.05) is 18.2 Å². The molecule has 0 aromatic heterocycles. The number of anilines is 1. The van der Waals surface area contributed by atoms with Gasteiger partial charge in [-0.25, -0.2) is 0 Å². The van der Waals surface area contributed by atoms with Crippen LogP contribution in [0, 0.1) is 11.3 Å². The van der Waals surface area contributed by atoms with Crippen molar-refractivity contribution in [3.05, 3.63) is 34.3 Å². The molecule has 1 aromatic carbocycles. The molecule has 0 unspecified atom stereocenters. The second-order valence-electron chi connectivity index (χ2n) is 2.55. The summed E-state index contributed by atoms with van der Waals surface area (Å²) in [6, 6.07) is 7.70. The first-order valence-corrected chi connectivity index (χ1v) is 4.62. The van der Waals surface area contributed by atoms with Crippen LogP contribution in [-0.2, 0) is 0 Å². The Morgan fingerprint density at radius 2 is 2.31 bits per heavy atom. The van der Waals surface area contributed by atoms with Crippen molar-refractivity contribution in [1.29, 1.82) is 5.26 Å². The first-order valence-electron chi connectivity index (χ1n) is 3.82. The van der Waals surface area contributed by atoms with Crippen LogP contribution in [0.1, 0.15) is 12.0 Å². The summed E-state index contributed by atoms with van der Waals surface area (Å²) in [5.74, 6) is 0. The van der Waals surface area contributed by atoms with E-state index in [9.17, 15) is 0 Å². The minimum Gasteiger partial charge on any atom is -0.398 e. The molecule has 2 nitrogen and oxygen atoms in total. The molecular formula is C10H9BrN2. The van der Waals surface area contributed by atoms with E-state index in [1.165, 1.54) is 0 Å². The van der Waals surface area contributed by atoms with Crippen LogP contribution in [0.2, 0.25) is 0 Å². The average Bonchev–Trinajstić information content (AvgIpc) is 2.12. The summed E-state index contributed by atoms with van der Waals surface area (Å²) in [6.45, 7) is 0. The number of hydrogen-bond acceptors (Lipinski definition) is 2. The van der Waals surface area contributed by atoms with E-state index >= 15 is 0 Å². The number of benzene rings is 1. The van der Waals surface area contributed by atoms with Crippen molar-refractivity contribution in [2.24, 2.45) is 0 Å². The molecule has 0 aliphatic carbocycles. The Kier molecular flexibility index (Phi) is 3.53. The summed E-state index contributed by atoms with van der Waals surface area (Å²) in [5.41, 5.74) is 7.38. The molecule has 0 aliphatic heterocycles. The highest BCUT2D eigenvalue weighted by atomic mass is 79.9. The molecule has 0 atom stereocenters. The fourth-order valence-electron chi connectivity index (χ4n) is 0.895. The third-order valence-corrected chi connectivity index (χ3v) is 2.23. The highest BCUT2D eigenvalue weighted by Crippen LogP contribution is 2.20. The molecule has 0 saturated heterocycles. The Hall–Kier alpha value is -1.27. The minimum absolute atomic E-state index is 0.433. The van der Waals surface area contributed by atoms with Crippen molar-refractivity contribution < 1.29 is 0 Å². The molecule has 2 N–H and O–H groups in total. The first kappa shape index (κ1) is 9.82. The summed E-state index contributed by atoms with van der Waals surface area (Å²) >= 11 is 3.33. The van der Waals surface area contributed by atoms with Crippen molar-refractivity contribution in [3.8, 4) is 6.07 Å². The van der Waals surface area contributed by atoms with Crippen LogP contribution in [0.15, 0.2) is 28.7 Å². The van der Waals surface area contributed by atoms with Gasteiger partial charge in [0.1, 0.15) is 0 Å². The maximum absolute atomic E-state index is 8.31. The summed E-state index contributed by atoms with van der Waals surface area (Å²) < 4.78 is 0.881. The number of allylic oxidation sites excluding steroid dienone is 1. The predicted octanol–water partition coefficient (Wildman–Crippen LogP) is 2.96. The fraction of sp³-hybridized carbons (Fsp3) is 0.100. The van der Waals surface area contributed by atoms with Gasteiger partial charge in [-0.15, -0.1) is 0 Å². The van der Waals surface area contributed by atoms with Gasteiger partial charge in [0.2, 0.25) is 0 Å². The Morgan fingerprint density at radius 3 is 2.92 bits per heavy atom. The smallest absolute Gasteiger partial charge is 0.0663 e. The molecule has 0 aliphatic rings. The van der Waals surface area contributed by atoms with Gasteiger partial charge < -0.3 is 5.73 Å². The number of nitrogens with zero attached hydrogens (tertiary/aromatic N) is 1. The molecule has 0 amide bonds. The molecule has 0 fully saturated rings. The van der Waals surface area contributed by atoms with Crippen LogP contribution >= 0.6 is 15.9 Å². The van der Waals surface area contributed by atoms with Crippen LogP contribution in [0.3, 0.4) is 0 Å². The molecule has 13 heavy (non-hydrogen) atoms. The van der Waals surface area contributed by atoms with E-state index in [1.807, 2.05) is 36.4 Å². The van der Waals surface area contributed by atoms with E-state index in [1.54, 1.807) is 0 Å². The molecule has 0 bridgehead atoms. The number of nitrogen functional groups attached to an aromatic ring is 1. The van der Waals surface area contributed by atoms with Crippen molar-refractivity contribution >= 4 is 27.7 Å². The van der Waals surface area contributed by atoms with Crippen molar-refractivity contribution in [2.75, 3.05) is 5.73 Å². The van der Waals surface area contributed by atoms with Crippen LogP contribution < -0.4 is 5.73 Å². The average molecular weight is 237 g/mol. The molecule has 0 radical (unpaired) electrons. The molecule has 1 rings (SSSR count). The topological polar surface area (TPSA) is 49.8 Å². The number of nitrogens with two attached hydrogens (primary N) is 1. The summed E-state index contributed by atoms with van der Waals surface area (Å²) in [7, 11) is 0. The fourth-order valence-corrected chi connectivity index (χ4v) is 1.29. The van der Waals surface area contributed by atoms with Crippen molar-refractivity contribution in [3.63, 3.8) is 0 Å². The SMILES string of the molecule is N#CCC=Cc1ccc(N)c(Br)c1. The molecule has 0 heterocycles. The first-order chi connectivity index (χ1) is 6.24. The van der Waals surface area contributed by atoms with Crippen LogP contribution in [-0.4, -0.2) is 0 Å². The van der Waals surface area contributed by atoms with Crippen molar-refractivity contribution in [2.45, 2.75) is 6.42 Å². The molecule has 0 saturated carbocycles. The number of halogens is 1. The Balaban J connectivity index is 2.81. The van der Waals surface area contributed by atoms with Gasteiger partial charge in [0.25, 0.3) is 0 Å². The zero-order valence-electron chi connectivity index (χ0n) is 7.00. The van der Waals surface area contributed by atoms with E-state index in [4.69, 9.17) is 11.0 Å². The summed E-state index contributed by atoms with van der Waals surface area (Å²) in [6.07, 6.45) is 4.15. The quantitative estimate of drug-likeness (QED) is 0.804. The Bertz CT molecular complexity index is 364. The van der Waals surface area contributed by atoms with Gasteiger partial charge in [0.05, 0.1) is 12.5 Å². The number of nitriles is 1. The highest BCUT2D eigenvalue weighted by molar-refractivity contribution is 9.10. The minimum atomic E-state index is 0.433. The van der Waals surface area contributed by atoms with E-state index < -0.39 is 0 Å². The van der Waals surface area contributed by atoms with Gasteiger partial charge in [-0.2, -0.15) is 5.26 Å². The highest BCUT2D eigenvalue weighted by Gasteiger charge is 1.94. The van der Waals surface area contributed by atoms with Gasteiger partial charge in [-0.05, 0) is 33.6 Å². The second-order valence-corrected chi connectivity index (χ2v) is 3.40. The third-order valence-electron chi connectivity index (χ3n) is 1.54. The van der Waals surface area contributed by atoms with E-state index in [-0.39, 0.29) is 0 Å². The van der Waals surface area contributed by atoms with E-state index in [0.717, 1.165) is 15.7 Å². The summed E-state index contributed by atoms with van der Waals surface area (Å²) in [5, 5.41) is 8.31. The Morgan fingerprint density at radius 1 is 1.54 bits per heavy atom. The zero-order chi connectivity index (χ0) is 9.68. The summed E-state index contributed by atoms with van der Waals surface area (Å²) in [4.78, 5) is 0. The predicted molar refractivity (Wildman–Crippen MR) is 57.8 cm³/mol. The molecule has 3 heteroatoms. The normalized spacial score (nSPS) is 10.2. The molecule has 1 aromatic rings. The molecular weight excluding hydrogens is 228 g/mol. The van der Waals surface area contributed by atoms with Gasteiger partial charge >= 0.3 is 0 Å². The van der Waals surface area contributed by atoms with Crippen LogP contribution in [0.5, 0.6) is 0 Å². The standard InChI is InChI=1S/C10H9BrN2/c11-9-7-8(3-1-2-6-12)4-5-10(9)13/h1,3-5,7H,2,13H2. The third kappa shape index (κ3) is 2.92. The lowest BCUT2D eigenvalue weighted by Gasteiger charge is -1.98. The monoisotopic (exact) mass is 236 g/mol. The van der Waals surface area contributed by atoms with Crippen LogP contribution in [0.25, 0.3) is 6.08 Å². The van der Waals surface area contributed by atoms with E-state index in [0.29, 0.717) is 6.42 Å². The molecule has 66 valence electrons. The maximum Gasteiger partial charge on any atom is 0.0663 e. The Labute approximate surface area is 85.8 Å². The van der Waals surface area contributed by atoms with Crippen molar-refractivity contribution in [1.82, 2.24) is 0 Å². The lowest BCUT2D eigenvalue weighted by molar-refractivity contribution is 1.36. The van der Waals surface area contributed by atoms with Gasteiger partial charge in [-0.3, -0.25) is 0 Å². The van der Waals surface area contributed by atoms with Gasteiger partial charge in [0, 0.05) is 10.2 Å². The second kappa shape index (κ2) is 4.68. The lowest BCUT2D eigenvalue weighted by atomic mass is 10.2. The largest absolute Gasteiger partial charge is 0.398 e. The zero-order valence-corrected chi connectivity index (χ0v) is 8.58. The lowest BCUT2D eigenvalue weighted by Crippen LogP contribution is -1.85. The number of hydrogen-bond donors (Lipinski definition) is 1. The molecule has 0 spiro atoms.